The first-order valence-electron chi connectivity index (χ1n) is 9.82. The highest BCUT2D eigenvalue weighted by Crippen LogP contribution is 2.28. The standard InChI is InChI=1S/C24H32N2O3/c1-6-7-13-28-23-14-19(2)24(20(3)15-23)29-18-26(4)17-22(25-27-5)16-21-11-9-8-10-12-21/h6-12,14-15H,13,16-18H2,1-5H3/b7-6+,25-22+. The number of hydrogen-bond donors (Lipinski definition) is 0. The van der Waals surface area contributed by atoms with Gasteiger partial charge in [0, 0.05) is 13.0 Å². The zero-order valence-electron chi connectivity index (χ0n) is 18.1. The van der Waals surface area contributed by atoms with Gasteiger partial charge in [0.15, 0.2) is 0 Å². The van der Waals surface area contributed by atoms with Gasteiger partial charge in [0.1, 0.15) is 31.9 Å². The zero-order valence-corrected chi connectivity index (χ0v) is 18.1. The minimum absolute atomic E-state index is 0.456. The van der Waals surface area contributed by atoms with Crippen molar-refractivity contribution >= 4 is 5.71 Å². The molecular formula is C24H32N2O3. The molecule has 0 amide bonds. The lowest BCUT2D eigenvalue weighted by Crippen LogP contribution is -2.31. The summed E-state index contributed by atoms with van der Waals surface area (Å²) in [4.78, 5) is 7.11. The number of aryl methyl sites for hydroxylation is 2. The molecule has 0 atom stereocenters. The van der Waals surface area contributed by atoms with Gasteiger partial charge >= 0.3 is 0 Å². The second-order valence-electron chi connectivity index (χ2n) is 7.06. The Balaban J connectivity index is 1.94. The van der Waals surface area contributed by atoms with Crippen molar-refractivity contribution in [3.05, 3.63) is 71.3 Å². The van der Waals surface area contributed by atoms with Crippen LogP contribution in [-0.4, -0.2) is 44.7 Å². The molecule has 0 saturated heterocycles. The second kappa shape index (κ2) is 11.9. The van der Waals surface area contributed by atoms with Crippen molar-refractivity contribution in [1.29, 1.82) is 0 Å². The molecule has 29 heavy (non-hydrogen) atoms. The first-order valence-corrected chi connectivity index (χ1v) is 9.82. The lowest BCUT2D eigenvalue weighted by Gasteiger charge is -2.20. The molecule has 0 unspecified atom stereocenters. The van der Waals surface area contributed by atoms with Crippen LogP contribution in [0.4, 0.5) is 0 Å². The van der Waals surface area contributed by atoms with Gasteiger partial charge in [0.05, 0.1) is 5.71 Å². The fraction of sp³-hybridized carbons (Fsp3) is 0.375. The molecule has 0 aliphatic carbocycles. The lowest BCUT2D eigenvalue weighted by atomic mass is 10.1. The molecule has 2 rings (SSSR count). The van der Waals surface area contributed by atoms with Crippen molar-refractivity contribution in [2.24, 2.45) is 5.16 Å². The SMILES string of the molecule is C/C=C/COc1cc(C)c(OCN(C)C/C(Cc2ccccc2)=N/OC)c(C)c1. The van der Waals surface area contributed by atoms with Crippen LogP contribution >= 0.6 is 0 Å². The first-order chi connectivity index (χ1) is 14.0. The van der Waals surface area contributed by atoms with Gasteiger partial charge in [0.25, 0.3) is 0 Å². The third kappa shape index (κ3) is 7.62. The minimum Gasteiger partial charge on any atom is -0.490 e. The zero-order chi connectivity index (χ0) is 21.1. The molecule has 0 aliphatic heterocycles. The van der Waals surface area contributed by atoms with E-state index in [0.717, 1.165) is 34.8 Å². The molecule has 0 saturated carbocycles. The summed E-state index contributed by atoms with van der Waals surface area (Å²) in [5.41, 5.74) is 4.27. The Hall–Kier alpha value is -2.79. The van der Waals surface area contributed by atoms with Crippen LogP contribution in [0.5, 0.6) is 11.5 Å². The number of hydrogen-bond acceptors (Lipinski definition) is 5. The van der Waals surface area contributed by atoms with Gasteiger partial charge in [-0.05, 0) is 56.6 Å². The van der Waals surface area contributed by atoms with Crippen LogP contribution in [0.3, 0.4) is 0 Å². The summed E-state index contributed by atoms with van der Waals surface area (Å²) in [6, 6.07) is 14.3. The molecule has 0 N–H and O–H groups in total. The van der Waals surface area contributed by atoms with Crippen molar-refractivity contribution in [1.82, 2.24) is 4.90 Å². The molecular weight excluding hydrogens is 364 g/mol. The summed E-state index contributed by atoms with van der Waals surface area (Å²) in [5, 5.41) is 4.19. The predicted octanol–water partition coefficient (Wildman–Crippen LogP) is 4.77. The highest BCUT2D eigenvalue weighted by molar-refractivity contribution is 5.87. The third-order valence-corrected chi connectivity index (χ3v) is 4.37. The summed E-state index contributed by atoms with van der Waals surface area (Å²) in [6.07, 6.45) is 4.71. The fourth-order valence-electron chi connectivity index (χ4n) is 3.07. The van der Waals surface area contributed by atoms with Crippen molar-refractivity contribution < 1.29 is 14.3 Å². The van der Waals surface area contributed by atoms with Crippen LogP contribution in [0.25, 0.3) is 0 Å². The van der Waals surface area contributed by atoms with Crippen LogP contribution in [-0.2, 0) is 11.3 Å². The Labute approximate surface area is 174 Å². The van der Waals surface area contributed by atoms with Crippen molar-refractivity contribution in [3.63, 3.8) is 0 Å². The van der Waals surface area contributed by atoms with E-state index < -0.39 is 0 Å². The summed E-state index contributed by atoms with van der Waals surface area (Å²) in [7, 11) is 3.59. The highest BCUT2D eigenvalue weighted by atomic mass is 16.6. The summed E-state index contributed by atoms with van der Waals surface area (Å²) >= 11 is 0. The van der Waals surface area contributed by atoms with E-state index in [1.54, 1.807) is 7.11 Å². The third-order valence-electron chi connectivity index (χ3n) is 4.37. The molecule has 0 heterocycles. The molecule has 0 aromatic heterocycles. The van der Waals surface area contributed by atoms with E-state index in [1.165, 1.54) is 5.56 Å². The Kier molecular flexibility index (Phi) is 9.25. The molecule has 5 heteroatoms. The summed E-state index contributed by atoms with van der Waals surface area (Å²) in [5.74, 6) is 1.75. The van der Waals surface area contributed by atoms with E-state index in [9.17, 15) is 0 Å². The molecule has 5 nitrogen and oxygen atoms in total. The van der Waals surface area contributed by atoms with Gasteiger partial charge in [0.2, 0.25) is 0 Å². The number of benzene rings is 2. The van der Waals surface area contributed by atoms with E-state index in [1.807, 2.05) is 70.3 Å². The molecule has 2 aromatic rings. The van der Waals surface area contributed by atoms with Gasteiger partial charge in [-0.1, -0.05) is 47.6 Å². The van der Waals surface area contributed by atoms with Crippen LogP contribution in [0.1, 0.15) is 23.6 Å². The fourth-order valence-corrected chi connectivity index (χ4v) is 3.07. The maximum absolute atomic E-state index is 6.10. The predicted molar refractivity (Wildman–Crippen MR) is 119 cm³/mol. The average Bonchev–Trinajstić information content (AvgIpc) is 2.68. The number of nitrogens with zero attached hydrogens (tertiary/aromatic N) is 2. The van der Waals surface area contributed by atoms with Crippen molar-refractivity contribution in [2.45, 2.75) is 27.2 Å². The van der Waals surface area contributed by atoms with Crippen LogP contribution in [0.15, 0.2) is 59.8 Å². The molecule has 0 bridgehead atoms. The van der Waals surface area contributed by atoms with Crippen molar-refractivity contribution in [3.8, 4) is 11.5 Å². The maximum Gasteiger partial charge on any atom is 0.142 e. The number of rotatable bonds is 11. The smallest absolute Gasteiger partial charge is 0.142 e. The second-order valence-corrected chi connectivity index (χ2v) is 7.06. The minimum atomic E-state index is 0.456. The summed E-state index contributed by atoms with van der Waals surface area (Å²) < 4.78 is 11.8. The maximum atomic E-state index is 6.10. The Morgan fingerprint density at radius 2 is 1.76 bits per heavy atom. The highest BCUT2D eigenvalue weighted by Gasteiger charge is 2.11. The van der Waals surface area contributed by atoms with E-state index in [0.29, 0.717) is 19.9 Å². The molecule has 0 fully saturated rings. The molecule has 0 radical (unpaired) electrons. The van der Waals surface area contributed by atoms with Gasteiger partial charge in [-0.15, -0.1) is 0 Å². The summed E-state index contributed by atoms with van der Waals surface area (Å²) in [6.45, 7) is 7.75. The topological polar surface area (TPSA) is 43.3 Å². The number of oxime groups is 1. The normalized spacial score (nSPS) is 11.9. The Bertz CT molecular complexity index is 793. The van der Waals surface area contributed by atoms with Gasteiger partial charge < -0.3 is 14.3 Å². The molecule has 156 valence electrons. The van der Waals surface area contributed by atoms with Gasteiger partial charge in [-0.2, -0.15) is 0 Å². The quantitative estimate of drug-likeness (QED) is 0.237. The van der Waals surface area contributed by atoms with E-state index in [4.69, 9.17) is 14.3 Å². The average molecular weight is 397 g/mol. The van der Waals surface area contributed by atoms with Gasteiger partial charge in [-0.3, -0.25) is 4.90 Å². The Morgan fingerprint density at radius 3 is 2.38 bits per heavy atom. The van der Waals surface area contributed by atoms with Crippen molar-refractivity contribution in [2.75, 3.05) is 34.0 Å². The van der Waals surface area contributed by atoms with Crippen LogP contribution in [0, 0.1) is 13.8 Å². The van der Waals surface area contributed by atoms with E-state index in [-0.39, 0.29) is 0 Å². The molecule has 0 spiro atoms. The van der Waals surface area contributed by atoms with Crippen LogP contribution in [0.2, 0.25) is 0 Å². The largest absolute Gasteiger partial charge is 0.490 e. The monoisotopic (exact) mass is 396 g/mol. The Morgan fingerprint density at radius 1 is 1.07 bits per heavy atom. The number of allylic oxidation sites excluding steroid dienone is 1. The molecule has 2 aromatic carbocycles. The number of ether oxygens (including phenoxy) is 2. The van der Waals surface area contributed by atoms with Gasteiger partial charge in [-0.25, -0.2) is 0 Å². The molecule has 0 aliphatic rings. The van der Waals surface area contributed by atoms with E-state index in [2.05, 4.69) is 22.2 Å². The van der Waals surface area contributed by atoms with Crippen LogP contribution < -0.4 is 9.47 Å². The van der Waals surface area contributed by atoms with E-state index >= 15 is 0 Å². The first kappa shape index (κ1) is 22.5. The lowest BCUT2D eigenvalue weighted by molar-refractivity contribution is 0.163.